The molecule has 0 fully saturated rings. The summed E-state index contributed by atoms with van der Waals surface area (Å²) in [7, 11) is 1.47. The molecule has 122 valence electrons. The first-order chi connectivity index (χ1) is 11.6. The first kappa shape index (κ1) is 15.8. The fraction of sp³-hybridized carbons (Fsp3) is 0.0625. The van der Waals surface area contributed by atoms with Crippen molar-refractivity contribution in [3.8, 4) is 22.9 Å². The van der Waals surface area contributed by atoms with Gasteiger partial charge in [-0.25, -0.2) is 0 Å². The standard InChI is InChI=1S/C16H13ClN4O3/c1-24-9-6-7-11(13(22)8-9)15(23)19-16-18-14(20-21-16)10-4-2-3-5-12(10)17/h2-8,22H,1H3,(H2,18,19,20,21,23). The van der Waals surface area contributed by atoms with E-state index in [4.69, 9.17) is 16.3 Å². The van der Waals surface area contributed by atoms with Gasteiger partial charge < -0.3 is 9.84 Å². The van der Waals surface area contributed by atoms with Crippen LogP contribution in [0.3, 0.4) is 0 Å². The van der Waals surface area contributed by atoms with Gasteiger partial charge in [0.25, 0.3) is 5.91 Å². The number of hydrogen-bond donors (Lipinski definition) is 3. The van der Waals surface area contributed by atoms with Crippen molar-refractivity contribution in [1.82, 2.24) is 15.2 Å². The minimum atomic E-state index is -0.542. The van der Waals surface area contributed by atoms with E-state index in [1.807, 2.05) is 6.07 Å². The Morgan fingerprint density at radius 3 is 2.79 bits per heavy atom. The highest BCUT2D eigenvalue weighted by Gasteiger charge is 2.15. The van der Waals surface area contributed by atoms with Gasteiger partial charge in [-0.05, 0) is 24.3 Å². The first-order valence-electron chi connectivity index (χ1n) is 6.94. The second-order valence-electron chi connectivity index (χ2n) is 4.82. The molecular weight excluding hydrogens is 332 g/mol. The number of carbonyl (C=O) groups is 1. The molecule has 1 aromatic heterocycles. The maximum Gasteiger partial charge on any atom is 0.261 e. The van der Waals surface area contributed by atoms with E-state index in [9.17, 15) is 9.90 Å². The minimum Gasteiger partial charge on any atom is -0.507 e. The number of aromatic nitrogens is 3. The monoisotopic (exact) mass is 344 g/mol. The molecule has 7 nitrogen and oxygen atoms in total. The average Bonchev–Trinajstić information content (AvgIpc) is 3.03. The Morgan fingerprint density at radius 1 is 1.29 bits per heavy atom. The molecular formula is C16H13ClN4O3. The van der Waals surface area contributed by atoms with Crippen molar-refractivity contribution in [2.75, 3.05) is 12.4 Å². The van der Waals surface area contributed by atoms with Gasteiger partial charge in [0.2, 0.25) is 5.95 Å². The van der Waals surface area contributed by atoms with Crippen LogP contribution in [0.5, 0.6) is 11.5 Å². The Bertz CT molecular complexity index is 895. The molecule has 0 saturated heterocycles. The highest BCUT2D eigenvalue weighted by Crippen LogP contribution is 2.26. The SMILES string of the molecule is COc1ccc(C(=O)Nc2n[nH]c(-c3ccccc3Cl)n2)c(O)c1. The molecule has 0 bridgehead atoms. The Labute approximate surface area is 142 Å². The van der Waals surface area contributed by atoms with Gasteiger partial charge in [-0.2, -0.15) is 4.98 Å². The van der Waals surface area contributed by atoms with Crippen LogP contribution in [-0.2, 0) is 0 Å². The lowest BCUT2D eigenvalue weighted by molar-refractivity contribution is 0.102. The summed E-state index contributed by atoms with van der Waals surface area (Å²) in [5, 5.41) is 19.5. The summed E-state index contributed by atoms with van der Waals surface area (Å²) >= 11 is 6.10. The molecule has 0 aliphatic carbocycles. The predicted molar refractivity (Wildman–Crippen MR) is 89.4 cm³/mol. The maximum atomic E-state index is 12.2. The van der Waals surface area contributed by atoms with Crippen LogP contribution in [-0.4, -0.2) is 33.3 Å². The summed E-state index contributed by atoms with van der Waals surface area (Å²) in [6.07, 6.45) is 0. The Kier molecular flexibility index (Phi) is 4.35. The Morgan fingerprint density at radius 2 is 2.08 bits per heavy atom. The lowest BCUT2D eigenvalue weighted by atomic mass is 10.2. The molecule has 24 heavy (non-hydrogen) atoms. The number of aromatic amines is 1. The zero-order valence-electron chi connectivity index (χ0n) is 12.6. The number of phenolic OH excluding ortho intramolecular Hbond substituents is 1. The van der Waals surface area contributed by atoms with Gasteiger partial charge in [-0.3, -0.25) is 15.2 Å². The van der Waals surface area contributed by atoms with Crippen molar-refractivity contribution in [2.24, 2.45) is 0 Å². The zero-order chi connectivity index (χ0) is 17.1. The van der Waals surface area contributed by atoms with E-state index >= 15 is 0 Å². The quantitative estimate of drug-likeness (QED) is 0.675. The summed E-state index contributed by atoms with van der Waals surface area (Å²) < 4.78 is 4.98. The van der Waals surface area contributed by atoms with Crippen LogP contribution in [0.2, 0.25) is 5.02 Å². The van der Waals surface area contributed by atoms with Crippen molar-refractivity contribution < 1.29 is 14.6 Å². The third-order valence-electron chi connectivity index (χ3n) is 3.29. The molecule has 0 radical (unpaired) electrons. The molecule has 0 saturated carbocycles. The second kappa shape index (κ2) is 6.59. The molecule has 0 aliphatic heterocycles. The van der Waals surface area contributed by atoms with E-state index in [1.165, 1.54) is 19.2 Å². The number of H-pyrrole nitrogens is 1. The molecule has 8 heteroatoms. The number of hydrogen-bond acceptors (Lipinski definition) is 5. The number of benzene rings is 2. The lowest BCUT2D eigenvalue weighted by Gasteiger charge is -2.05. The summed E-state index contributed by atoms with van der Waals surface area (Å²) in [4.78, 5) is 16.4. The van der Waals surface area contributed by atoms with Crippen LogP contribution in [0.4, 0.5) is 5.95 Å². The predicted octanol–water partition coefficient (Wildman–Crippen LogP) is 3.09. The number of nitrogens with zero attached hydrogens (tertiary/aromatic N) is 2. The molecule has 3 aromatic rings. The van der Waals surface area contributed by atoms with Crippen LogP contribution in [0.25, 0.3) is 11.4 Å². The van der Waals surface area contributed by atoms with Crippen molar-refractivity contribution in [1.29, 1.82) is 0 Å². The normalized spacial score (nSPS) is 10.4. The number of nitrogens with one attached hydrogen (secondary N) is 2. The third-order valence-corrected chi connectivity index (χ3v) is 3.62. The van der Waals surface area contributed by atoms with Crippen LogP contribution in [0, 0.1) is 0 Å². The van der Waals surface area contributed by atoms with Crippen LogP contribution < -0.4 is 10.1 Å². The Hall–Kier alpha value is -3.06. The number of halogens is 1. The number of methoxy groups -OCH3 is 1. The number of ether oxygens (including phenoxy) is 1. The summed E-state index contributed by atoms with van der Waals surface area (Å²) in [6, 6.07) is 11.5. The number of aromatic hydroxyl groups is 1. The summed E-state index contributed by atoms with van der Waals surface area (Å²) in [6.45, 7) is 0. The molecule has 0 aliphatic rings. The Balaban J connectivity index is 1.80. The lowest BCUT2D eigenvalue weighted by Crippen LogP contribution is -2.13. The van der Waals surface area contributed by atoms with Crippen molar-refractivity contribution in [3.05, 3.63) is 53.1 Å². The maximum absolute atomic E-state index is 12.2. The van der Waals surface area contributed by atoms with Crippen molar-refractivity contribution in [3.63, 3.8) is 0 Å². The molecule has 3 N–H and O–H groups in total. The topological polar surface area (TPSA) is 100 Å². The first-order valence-corrected chi connectivity index (χ1v) is 7.32. The number of rotatable bonds is 4. The molecule has 3 rings (SSSR count). The van der Waals surface area contributed by atoms with Gasteiger partial charge >= 0.3 is 0 Å². The highest BCUT2D eigenvalue weighted by molar-refractivity contribution is 6.33. The van der Waals surface area contributed by atoms with Gasteiger partial charge in [0.1, 0.15) is 11.5 Å². The largest absolute Gasteiger partial charge is 0.507 e. The van der Waals surface area contributed by atoms with Crippen LogP contribution >= 0.6 is 11.6 Å². The smallest absolute Gasteiger partial charge is 0.261 e. The molecule has 0 spiro atoms. The van der Waals surface area contributed by atoms with Crippen molar-refractivity contribution in [2.45, 2.75) is 0 Å². The fourth-order valence-corrected chi connectivity index (χ4v) is 2.32. The van der Waals surface area contributed by atoms with E-state index in [2.05, 4.69) is 20.5 Å². The average molecular weight is 345 g/mol. The number of anilines is 1. The van der Waals surface area contributed by atoms with E-state index in [0.717, 1.165) is 0 Å². The second-order valence-corrected chi connectivity index (χ2v) is 5.23. The number of amides is 1. The van der Waals surface area contributed by atoms with Gasteiger partial charge in [0.05, 0.1) is 17.7 Å². The van der Waals surface area contributed by atoms with Gasteiger partial charge in [0, 0.05) is 11.6 Å². The minimum absolute atomic E-state index is 0.0742. The summed E-state index contributed by atoms with van der Waals surface area (Å²) in [5.41, 5.74) is 0.749. The molecule has 1 amide bonds. The molecule has 2 aromatic carbocycles. The van der Waals surface area contributed by atoms with Crippen molar-refractivity contribution >= 4 is 23.5 Å². The zero-order valence-corrected chi connectivity index (χ0v) is 13.3. The van der Waals surface area contributed by atoms with E-state index < -0.39 is 5.91 Å². The van der Waals surface area contributed by atoms with E-state index in [0.29, 0.717) is 22.2 Å². The van der Waals surface area contributed by atoms with E-state index in [1.54, 1.807) is 24.3 Å². The summed E-state index contributed by atoms with van der Waals surface area (Å²) in [5.74, 6) is 0.205. The molecule has 1 heterocycles. The van der Waals surface area contributed by atoms with Gasteiger partial charge in [0.15, 0.2) is 5.82 Å². The van der Waals surface area contributed by atoms with Gasteiger partial charge in [-0.1, -0.05) is 23.7 Å². The van der Waals surface area contributed by atoms with Crippen LogP contribution in [0.1, 0.15) is 10.4 Å². The van der Waals surface area contributed by atoms with Gasteiger partial charge in [-0.15, -0.1) is 5.10 Å². The number of carbonyl (C=O) groups excluding carboxylic acids is 1. The van der Waals surface area contributed by atoms with Crippen LogP contribution in [0.15, 0.2) is 42.5 Å². The third kappa shape index (κ3) is 3.16. The molecule has 0 atom stereocenters. The van der Waals surface area contributed by atoms with E-state index in [-0.39, 0.29) is 17.3 Å². The number of phenols is 1. The fourth-order valence-electron chi connectivity index (χ4n) is 2.09. The molecule has 0 unspecified atom stereocenters. The highest BCUT2D eigenvalue weighted by atomic mass is 35.5.